The summed E-state index contributed by atoms with van der Waals surface area (Å²) >= 11 is 0. The van der Waals surface area contributed by atoms with Crippen molar-refractivity contribution < 1.29 is 14.3 Å². The highest BCUT2D eigenvalue weighted by molar-refractivity contribution is 5.66. The normalized spacial score (nSPS) is 10.7. The highest BCUT2D eigenvalue weighted by Crippen LogP contribution is 2.12. The van der Waals surface area contributed by atoms with Crippen LogP contribution in [-0.4, -0.2) is 11.1 Å². The van der Waals surface area contributed by atoms with Crippen LogP contribution in [0, 0.1) is 0 Å². The molecule has 1 heterocycles. The van der Waals surface area contributed by atoms with Crippen molar-refractivity contribution in [2.24, 2.45) is 0 Å². The molecule has 0 aliphatic heterocycles. The second-order valence-corrected chi connectivity index (χ2v) is 4.80. The predicted molar refractivity (Wildman–Crippen MR) is 71.6 cm³/mol. The topological polar surface area (TPSA) is 50.4 Å². The van der Waals surface area contributed by atoms with E-state index in [1.807, 2.05) is 12.1 Å². The van der Waals surface area contributed by atoms with Crippen molar-refractivity contribution in [3.63, 3.8) is 0 Å². The van der Waals surface area contributed by atoms with Crippen molar-refractivity contribution in [1.82, 2.24) is 0 Å². The quantitative estimate of drug-likeness (QED) is 0.593. The highest BCUT2D eigenvalue weighted by Gasteiger charge is 1.97. The lowest BCUT2D eigenvalue weighted by atomic mass is 10.1. The molecule has 1 N–H and O–H groups in total. The van der Waals surface area contributed by atoms with Gasteiger partial charge in [0.15, 0.2) is 0 Å². The van der Waals surface area contributed by atoms with Crippen LogP contribution in [0.3, 0.4) is 0 Å². The average Bonchev–Trinajstić information content (AvgIpc) is 2.84. The van der Waals surface area contributed by atoms with E-state index < -0.39 is 5.97 Å². The Balaban J connectivity index is 1.77. The Morgan fingerprint density at radius 1 is 1.00 bits per heavy atom. The highest BCUT2D eigenvalue weighted by atomic mass is 16.4. The molecule has 18 heavy (non-hydrogen) atoms. The van der Waals surface area contributed by atoms with Crippen LogP contribution in [0.2, 0.25) is 0 Å². The number of carbonyl (C=O) groups is 1. The van der Waals surface area contributed by atoms with Gasteiger partial charge < -0.3 is 9.52 Å². The number of aryl methyl sites for hydroxylation is 1. The largest absolute Gasteiger partial charge is 0.481 e. The number of hydrogen-bond donors (Lipinski definition) is 1. The number of rotatable bonds is 11. The zero-order chi connectivity index (χ0) is 13.1. The fraction of sp³-hybridized carbons (Fsp3) is 0.667. The molecule has 1 aromatic heterocycles. The Labute approximate surface area is 109 Å². The van der Waals surface area contributed by atoms with Crippen molar-refractivity contribution in [3.05, 3.63) is 24.2 Å². The van der Waals surface area contributed by atoms with Crippen molar-refractivity contribution in [2.45, 2.75) is 64.2 Å². The Morgan fingerprint density at radius 2 is 1.61 bits per heavy atom. The summed E-state index contributed by atoms with van der Waals surface area (Å²) in [5, 5.41) is 8.48. The molecule has 0 bridgehead atoms. The lowest BCUT2D eigenvalue weighted by Crippen LogP contribution is -1.93. The van der Waals surface area contributed by atoms with Gasteiger partial charge in [-0.05, 0) is 25.0 Å². The van der Waals surface area contributed by atoms with Gasteiger partial charge in [0, 0.05) is 12.8 Å². The molecule has 0 saturated heterocycles. The van der Waals surface area contributed by atoms with E-state index in [0.29, 0.717) is 6.42 Å². The summed E-state index contributed by atoms with van der Waals surface area (Å²) in [6.45, 7) is 0. The maximum atomic E-state index is 10.3. The average molecular weight is 252 g/mol. The van der Waals surface area contributed by atoms with Crippen molar-refractivity contribution >= 4 is 5.97 Å². The standard InChI is InChI=1S/C15H24O3/c16-15(17)12-8-6-4-2-1-3-5-7-10-14-11-9-13-18-14/h9,11,13H,1-8,10,12H2,(H,16,17). The molecule has 3 nitrogen and oxygen atoms in total. The number of unbranched alkanes of at least 4 members (excludes halogenated alkanes) is 7. The number of aliphatic carboxylic acids is 1. The van der Waals surface area contributed by atoms with Gasteiger partial charge in [0.2, 0.25) is 0 Å². The SMILES string of the molecule is O=C(O)CCCCCCCCCCc1ccco1. The van der Waals surface area contributed by atoms with E-state index in [1.54, 1.807) is 6.26 Å². The lowest BCUT2D eigenvalue weighted by molar-refractivity contribution is -0.137. The minimum atomic E-state index is -0.673. The molecule has 0 aliphatic rings. The van der Waals surface area contributed by atoms with Crippen LogP contribution in [0.15, 0.2) is 22.8 Å². The molecule has 0 aliphatic carbocycles. The van der Waals surface area contributed by atoms with Crippen molar-refractivity contribution in [3.8, 4) is 0 Å². The zero-order valence-electron chi connectivity index (χ0n) is 11.1. The first-order valence-corrected chi connectivity index (χ1v) is 7.03. The van der Waals surface area contributed by atoms with Crippen LogP contribution in [0.4, 0.5) is 0 Å². The van der Waals surface area contributed by atoms with Gasteiger partial charge in [-0.3, -0.25) is 4.79 Å². The Morgan fingerprint density at radius 3 is 2.17 bits per heavy atom. The van der Waals surface area contributed by atoms with Crippen molar-refractivity contribution in [2.75, 3.05) is 0 Å². The second kappa shape index (κ2) is 9.75. The predicted octanol–water partition coefficient (Wildman–Crippen LogP) is 4.42. The third-order valence-corrected chi connectivity index (χ3v) is 3.14. The molecule has 0 spiro atoms. The Bertz CT molecular complexity index is 304. The summed E-state index contributed by atoms with van der Waals surface area (Å²) in [5.74, 6) is 0.414. The maximum Gasteiger partial charge on any atom is 0.303 e. The minimum absolute atomic E-state index is 0.323. The van der Waals surface area contributed by atoms with Gasteiger partial charge in [-0.2, -0.15) is 0 Å². The van der Waals surface area contributed by atoms with E-state index in [1.165, 1.54) is 38.5 Å². The van der Waals surface area contributed by atoms with Gasteiger partial charge >= 0.3 is 5.97 Å². The molecule has 0 fully saturated rings. The molecule has 1 rings (SSSR count). The fourth-order valence-corrected chi connectivity index (χ4v) is 2.09. The van der Waals surface area contributed by atoms with Crippen LogP contribution in [0.25, 0.3) is 0 Å². The zero-order valence-corrected chi connectivity index (χ0v) is 11.1. The third-order valence-electron chi connectivity index (χ3n) is 3.14. The Kier molecular flexibility index (Phi) is 8.02. The molecule has 0 atom stereocenters. The van der Waals surface area contributed by atoms with Gasteiger partial charge in [0.1, 0.15) is 5.76 Å². The van der Waals surface area contributed by atoms with Crippen LogP contribution < -0.4 is 0 Å². The molecular weight excluding hydrogens is 228 g/mol. The van der Waals surface area contributed by atoms with Gasteiger partial charge in [0.25, 0.3) is 0 Å². The summed E-state index contributed by atoms with van der Waals surface area (Å²) in [6.07, 6.45) is 12.4. The monoisotopic (exact) mass is 252 g/mol. The minimum Gasteiger partial charge on any atom is -0.481 e. The summed E-state index contributed by atoms with van der Waals surface area (Å²) in [4.78, 5) is 10.3. The third kappa shape index (κ3) is 7.93. The first kappa shape index (κ1) is 14.8. The summed E-state index contributed by atoms with van der Waals surface area (Å²) in [6, 6.07) is 3.97. The maximum absolute atomic E-state index is 10.3. The molecule has 0 radical (unpaired) electrons. The van der Waals surface area contributed by atoms with Gasteiger partial charge in [-0.25, -0.2) is 0 Å². The fourth-order valence-electron chi connectivity index (χ4n) is 2.09. The van der Waals surface area contributed by atoms with Gasteiger partial charge in [0.05, 0.1) is 6.26 Å². The van der Waals surface area contributed by atoms with E-state index in [0.717, 1.165) is 25.0 Å². The van der Waals surface area contributed by atoms with E-state index in [9.17, 15) is 4.79 Å². The van der Waals surface area contributed by atoms with E-state index in [-0.39, 0.29) is 0 Å². The van der Waals surface area contributed by atoms with E-state index in [2.05, 4.69) is 0 Å². The summed E-state index contributed by atoms with van der Waals surface area (Å²) in [7, 11) is 0. The molecule has 0 unspecified atom stereocenters. The molecule has 3 heteroatoms. The first-order valence-electron chi connectivity index (χ1n) is 7.03. The number of carboxylic acid groups (broad SMARTS) is 1. The lowest BCUT2D eigenvalue weighted by Gasteiger charge is -2.01. The molecule has 0 saturated carbocycles. The van der Waals surface area contributed by atoms with Crippen LogP contribution in [0.1, 0.15) is 63.5 Å². The van der Waals surface area contributed by atoms with Crippen LogP contribution in [0.5, 0.6) is 0 Å². The first-order chi connectivity index (χ1) is 8.79. The number of carboxylic acids is 1. The molecule has 102 valence electrons. The van der Waals surface area contributed by atoms with Crippen LogP contribution >= 0.6 is 0 Å². The van der Waals surface area contributed by atoms with Crippen molar-refractivity contribution in [1.29, 1.82) is 0 Å². The number of furan rings is 1. The summed E-state index contributed by atoms with van der Waals surface area (Å²) in [5.41, 5.74) is 0. The molecule has 0 amide bonds. The van der Waals surface area contributed by atoms with Gasteiger partial charge in [-0.1, -0.05) is 38.5 Å². The second-order valence-electron chi connectivity index (χ2n) is 4.80. The number of hydrogen-bond acceptors (Lipinski definition) is 2. The molecular formula is C15H24O3. The smallest absolute Gasteiger partial charge is 0.303 e. The summed E-state index contributed by atoms with van der Waals surface area (Å²) < 4.78 is 5.28. The van der Waals surface area contributed by atoms with Gasteiger partial charge in [-0.15, -0.1) is 0 Å². The molecule has 1 aromatic rings. The Hall–Kier alpha value is -1.25. The van der Waals surface area contributed by atoms with E-state index >= 15 is 0 Å². The van der Waals surface area contributed by atoms with E-state index in [4.69, 9.17) is 9.52 Å². The molecule has 0 aromatic carbocycles. The van der Waals surface area contributed by atoms with Crippen LogP contribution in [-0.2, 0) is 11.2 Å².